The van der Waals surface area contributed by atoms with Crippen molar-refractivity contribution in [2.24, 2.45) is 17.8 Å². The minimum Gasteiger partial charge on any atom is -0.309 e. The van der Waals surface area contributed by atoms with Crippen molar-refractivity contribution in [3.8, 4) is 0 Å². The summed E-state index contributed by atoms with van der Waals surface area (Å²) in [6.07, 6.45) is 1.68. The highest BCUT2D eigenvalue weighted by molar-refractivity contribution is 5.91. The monoisotopic (exact) mass is 353 g/mol. The van der Waals surface area contributed by atoms with Crippen molar-refractivity contribution in [1.82, 2.24) is 9.97 Å². The van der Waals surface area contributed by atoms with Crippen molar-refractivity contribution >= 4 is 17.3 Å². The summed E-state index contributed by atoms with van der Waals surface area (Å²) in [7, 11) is 0. The Hall–Kier alpha value is -1.92. The number of halogens is 3. The Balaban J connectivity index is 1.88. The molecule has 3 rings (SSSR count). The molecule has 0 radical (unpaired) electrons. The van der Waals surface area contributed by atoms with Crippen molar-refractivity contribution in [2.75, 3.05) is 5.32 Å². The van der Waals surface area contributed by atoms with Crippen LogP contribution in [-0.2, 0) is 4.79 Å². The summed E-state index contributed by atoms with van der Waals surface area (Å²) in [6.45, 7) is 3.50. The van der Waals surface area contributed by atoms with Crippen molar-refractivity contribution in [3.63, 3.8) is 0 Å². The molecule has 0 bridgehead atoms. The molecule has 4 nitrogen and oxygen atoms in total. The van der Waals surface area contributed by atoms with E-state index in [9.17, 15) is 18.0 Å². The lowest BCUT2D eigenvalue weighted by atomic mass is 9.76. The highest BCUT2D eigenvalue weighted by atomic mass is 19.4. The zero-order valence-electron chi connectivity index (χ0n) is 14.4. The van der Waals surface area contributed by atoms with Crippen molar-refractivity contribution in [2.45, 2.75) is 52.1 Å². The third-order valence-electron chi connectivity index (χ3n) is 5.19. The Kier molecular flexibility index (Phi) is 4.84. The molecule has 1 saturated carbocycles. The normalized spacial score (nSPS) is 23.8. The molecule has 1 fully saturated rings. The van der Waals surface area contributed by atoms with Gasteiger partial charge in [-0.2, -0.15) is 13.2 Å². The lowest BCUT2D eigenvalue weighted by Gasteiger charge is -2.31. The van der Waals surface area contributed by atoms with Gasteiger partial charge in [0.25, 0.3) is 0 Å². The summed E-state index contributed by atoms with van der Waals surface area (Å²) in [4.78, 5) is 19.9. The highest BCUT2D eigenvalue weighted by Crippen LogP contribution is 2.50. The molecule has 2 aliphatic carbocycles. The molecule has 0 aromatic carbocycles. The van der Waals surface area contributed by atoms with Crippen molar-refractivity contribution in [1.29, 1.82) is 0 Å². The van der Waals surface area contributed by atoms with Crippen LogP contribution in [0, 0.1) is 17.8 Å². The number of fused-ring (bicyclic) bond motifs is 1. The largest absolute Gasteiger partial charge is 0.413 e. The summed E-state index contributed by atoms with van der Waals surface area (Å²) in [5, 5.41) is 2.60. The molecule has 0 spiro atoms. The van der Waals surface area contributed by atoms with Gasteiger partial charge in [-0.25, -0.2) is 4.98 Å². The lowest BCUT2D eigenvalue weighted by molar-refractivity contribution is -0.118. The van der Waals surface area contributed by atoms with Gasteiger partial charge in [-0.05, 0) is 43.1 Å². The second kappa shape index (κ2) is 6.77. The van der Waals surface area contributed by atoms with Crippen molar-refractivity contribution in [3.05, 3.63) is 23.7 Å². The molecule has 1 aromatic heterocycles. The van der Waals surface area contributed by atoms with E-state index in [1.54, 1.807) is 13.8 Å². The average Bonchev–Trinajstić information content (AvgIpc) is 3.01. The van der Waals surface area contributed by atoms with E-state index in [4.69, 9.17) is 0 Å². The first kappa shape index (κ1) is 17.9. The molecular formula is C18H22F3N3O. The maximum atomic E-state index is 13.5. The second-order valence-electron chi connectivity index (χ2n) is 7.25. The van der Waals surface area contributed by atoms with Gasteiger partial charge < -0.3 is 5.32 Å². The van der Waals surface area contributed by atoms with Crippen LogP contribution in [0.4, 0.5) is 19.0 Å². The highest BCUT2D eigenvalue weighted by Gasteiger charge is 2.44. The first-order valence-electron chi connectivity index (χ1n) is 8.68. The molecule has 2 unspecified atom stereocenters. The van der Waals surface area contributed by atoms with Gasteiger partial charge in [-0.15, -0.1) is 0 Å². The van der Waals surface area contributed by atoms with Gasteiger partial charge in [0, 0.05) is 11.5 Å². The van der Waals surface area contributed by atoms with Crippen LogP contribution >= 0.6 is 0 Å². The topological polar surface area (TPSA) is 54.9 Å². The molecule has 2 aliphatic rings. The average molecular weight is 353 g/mol. The number of anilines is 1. The van der Waals surface area contributed by atoms with Crippen LogP contribution in [0.3, 0.4) is 0 Å². The molecule has 136 valence electrons. The Morgan fingerprint density at radius 2 is 1.84 bits per heavy atom. The fraction of sp³-hybridized carbons (Fsp3) is 0.611. The van der Waals surface area contributed by atoms with Gasteiger partial charge in [0.05, 0.1) is 18.1 Å². The summed E-state index contributed by atoms with van der Waals surface area (Å²) in [5.74, 6) is 0.287. The Morgan fingerprint density at radius 3 is 2.40 bits per heavy atom. The van der Waals surface area contributed by atoms with Gasteiger partial charge >= 0.3 is 6.18 Å². The third-order valence-corrected chi connectivity index (χ3v) is 5.19. The van der Waals surface area contributed by atoms with Crippen LogP contribution in [0.2, 0.25) is 0 Å². The number of hydrogen-bond acceptors (Lipinski definition) is 3. The fourth-order valence-electron chi connectivity index (χ4n) is 3.79. The molecule has 1 aromatic rings. The number of hydrogen-bond donors (Lipinski definition) is 1. The van der Waals surface area contributed by atoms with E-state index in [-0.39, 0.29) is 41.2 Å². The number of carbonyl (C=O) groups is 1. The minimum absolute atomic E-state index is 0.0804. The van der Waals surface area contributed by atoms with E-state index in [1.165, 1.54) is 12.4 Å². The van der Waals surface area contributed by atoms with Crippen LogP contribution in [-0.4, -0.2) is 22.1 Å². The molecule has 1 heterocycles. The van der Waals surface area contributed by atoms with E-state index in [0.29, 0.717) is 12.3 Å². The van der Waals surface area contributed by atoms with Gasteiger partial charge in [0.15, 0.2) is 5.82 Å². The SMILES string of the molecule is CC(C)C(=O)Nc1cnc(C2=C(C(F)(F)F)CC3CCCC3C2)cn1. The van der Waals surface area contributed by atoms with Crippen molar-refractivity contribution < 1.29 is 18.0 Å². The van der Waals surface area contributed by atoms with E-state index in [0.717, 1.165) is 19.3 Å². The molecule has 7 heteroatoms. The molecule has 1 amide bonds. The van der Waals surface area contributed by atoms with E-state index in [1.807, 2.05) is 0 Å². The maximum absolute atomic E-state index is 13.5. The zero-order valence-corrected chi connectivity index (χ0v) is 14.4. The van der Waals surface area contributed by atoms with Gasteiger partial charge in [0.1, 0.15) is 0 Å². The predicted octanol–water partition coefficient (Wildman–Crippen LogP) is 4.60. The first-order valence-corrected chi connectivity index (χ1v) is 8.68. The number of amides is 1. The molecule has 0 aliphatic heterocycles. The predicted molar refractivity (Wildman–Crippen MR) is 88.5 cm³/mol. The zero-order chi connectivity index (χ0) is 18.2. The standard InChI is InChI=1S/C18H22F3N3O/c1-10(2)17(25)24-16-9-22-15(8-23-16)13-6-11-4-3-5-12(11)7-14(13)18(19,20)21/h8-12H,3-7H2,1-2H3,(H,23,24,25). The van der Waals surface area contributed by atoms with E-state index < -0.39 is 11.7 Å². The molecule has 0 saturated heterocycles. The van der Waals surface area contributed by atoms with Gasteiger partial charge in [-0.1, -0.05) is 20.3 Å². The van der Waals surface area contributed by atoms with Crippen LogP contribution in [0.5, 0.6) is 0 Å². The molecule has 2 atom stereocenters. The number of alkyl halides is 3. The maximum Gasteiger partial charge on any atom is 0.413 e. The summed E-state index contributed by atoms with van der Waals surface area (Å²) in [5.41, 5.74) is 0.0778. The van der Waals surface area contributed by atoms with Gasteiger partial charge in [-0.3, -0.25) is 9.78 Å². The molecular weight excluding hydrogens is 331 g/mol. The van der Waals surface area contributed by atoms with E-state index in [2.05, 4.69) is 15.3 Å². The summed E-state index contributed by atoms with van der Waals surface area (Å²) >= 11 is 0. The van der Waals surface area contributed by atoms with Crippen LogP contribution in [0.1, 0.15) is 51.6 Å². The number of aromatic nitrogens is 2. The third kappa shape index (κ3) is 3.85. The Morgan fingerprint density at radius 1 is 1.16 bits per heavy atom. The smallest absolute Gasteiger partial charge is 0.309 e. The fourth-order valence-corrected chi connectivity index (χ4v) is 3.79. The Bertz CT molecular complexity index is 680. The summed E-state index contributed by atoms with van der Waals surface area (Å²) in [6, 6.07) is 0. The first-order chi connectivity index (χ1) is 11.8. The van der Waals surface area contributed by atoms with Crippen LogP contribution < -0.4 is 5.32 Å². The number of allylic oxidation sites excluding steroid dienone is 2. The molecule has 25 heavy (non-hydrogen) atoms. The molecule has 1 N–H and O–H groups in total. The number of carbonyl (C=O) groups excluding carboxylic acids is 1. The minimum atomic E-state index is -4.34. The number of rotatable bonds is 3. The quantitative estimate of drug-likeness (QED) is 0.864. The Labute approximate surface area is 144 Å². The lowest BCUT2D eigenvalue weighted by Crippen LogP contribution is -2.25. The van der Waals surface area contributed by atoms with Gasteiger partial charge in [0.2, 0.25) is 5.91 Å². The van der Waals surface area contributed by atoms with E-state index >= 15 is 0 Å². The van der Waals surface area contributed by atoms with Crippen LogP contribution in [0.25, 0.3) is 5.57 Å². The number of nitrogens with zero attached hydrogens (tertiary/aromatic N) is 2. The number of nitrogens with one attached hydrogen (secondary N) is 1. The second-order valence-corrected chi connectivity index (χ2v) is 7.25. The van der Waals surface area contributed by atoms with Crippen LogP contribution in [0.15, 0.2) is 18.0 Å². The summed E-state index contributed by atoms with van der Waals surface area (Å²) < 4.78 is 40.5.